The molecule has 23 heavy (non-hydrogen) atoms. The van der Waals surface area contributed by atoms with E-state index < -0.39 is 29.8 Å². The summed E-state index contributed by atoms with van der Waals surface area (Å²) in [5.41, 5.74) is -0.278. The van der Waals surface area contributed by atoms with E-state index in [1.807, 2.05) is 5.32 Å². The summed E-state index contributed by atoms with van der Waals surface area (Å²) >= 11 is 11.3. The second kappa shape index (κ2) is 8.12. The molecule has 6 nitrogen and oxygen atoms in total. The second-order valence-electron chi connectivity index (χ2n) is 4.91. The first-order chi connectivity index (χ1) is 10.6. The third-order valence-corrected chi connectivity index (χ3v) is 3.14. The lowest BCUT2D eigenvalue weighted by Gasteiger charge is -2.15. The lowest BCUT2D eigenvalue weighted by molar-refractivity contribution is -0.127. The zero-order valence-electron chi connectivity index (χ0n) is 12.6. The summed E-state index contributed by atoms with van der Waals surface area (Å²) in [6, 6.07) is 0.971. The van der Waals surface area contributed by atoms with Crippen molar-refractivity contribution >= 4 is 41.1 Å². The van der Waals surface area contributed by atoms with E-state index in [9.17, 15) is 18.8 Å². The van der Waals surface area contributed by atoms with Gasteiger partial charge in [0.15, 0.2) is 6.10 Å². The first-order valence-corrected chi connectivity index (χ1v) is 7.34. The third kappa shape index (κ3) is 5.69. The topological polar surface area (TPSA) is 84.5 Å². The molecule has 0 saturated carbocycles. The highest BCUT2D eigenvalue weighted by molar-refractivity contribution is 6.36. The van der Waals surface area contributed by atoms with Gasteiger partial charge >= 0.3 is 12.0 Å². The van der Waals surface area contributed by atoms with Crippen molar-refractivity contribution in [3.05, 3.63) is 33.6 Å². The molecule has 0 unspecified atom stereocenters. The Labute approximate surface area is 142 Å². The van der Waals surface area contributed by atoms with Crippen molar-refractivity contribution in [3.8, 4) is 0 Å². The van der Waals surface area contributed by atoms with E-state index in [-0.39, 0.29) is 21.7 Å². The fraction of sp³-hybridized carbons (Fsp3) is 0.357. The average Bonchev–Trinajstić information content (AvgIpc) is 2.41. The smallest absolute Gasteiger partial charge is 0.340 e. The summed E-state index contributed by atoms with van der Waals surface area (Å²) < 4.78 is 18.2. The molecule has 0 bridgehead atoms. The maximum Gasteiger partial charge on any atom is 0.340 e. The van der Waals surface area contributed by atoms with E-state index in [2.05, 4.69) is 5.32 Å². The molecule has 0 aliphatic carbocycles. The number of halogens is 3. The van der Waals surface area contributed by atoms with Crippen LogP contribution in [0.4, 0.5) is 9.18 Å². The monoisotopic (exact) mass is 364 g/mol. The highest BCUT2D eigenvalue weighted by atomic mass is 35.5. The van der Waals surface area contributed by atoms with Crippen LogP contribution in [0.25, 0.3) is 0 Å². The number of hydrogen-bond acceptors (Lipinski definition) is 4. The van der Waals surface area contributed by atoms with Crippen molar-refractivity contribution in [2.75, 3.05) is 0 Å². The minimum Gasteiger partial charge on any atom is -0.449 e. The Kier molecular flexibility index (Phi) is 6.78. The number of hydrogen-bond donors (Lipinski definition) is 2. The zero-order chi connectivity index (χ0) is 17.7. The van der Waals surface area contributed by atoms with Crippen molar-refractivity contribution in [2.24, 2.45) is 0 Å². The molecule has 0 aliphatic rings. The predicted molar refractivity (Wildman–Crippen MR) is 83.1 cm³/mol. The number of imide groups is 1. The molecule has 1 rings (SSSR count). The van der Waals surface area contributed by atoms with Gasteiger partial charge in [-0.1, -0.05) is 23.2 Å². The summed E-state index contributed by atoms with van der Waals surface area (Å²) in [6.07, 6.45) is -1.28. The quantitative estimate of drug-likeness (QED) is 0.635. The van der Waals surface area contributed by atoms with Crippen LogP contribution in [-0.4, -0.2) is 30.1 Å². The molecule has 9 heteroatoms. The van der Waals surface area contributed by atoms with Crippen LogP contribution in [0.3, 0.4) is 0 Å². The van der Waals surface area contributed by atoms with Crippen molar-refractivity contribution in [2.45, 2.75) is 32.9 Å². The number of nitrogens with one attached hydrogen (secondary N) is 2. The Balaban J connectivity index is 2.72. The zero-order valence-corrected chi connectivity index (χ0v) is 14.1. The Morgan fingerprint density at radius 2 is 1.74 bits per heavy atom. The maximum absolute atomic E-state index is 13.4. The van der Waals surface area contributed by atoms with E-state index in [4.69, 9.17) is 27.9 Å². The van der Waals surface area contributed by atoms with Crippen molar-refractivity contribution in [1.29, 1.82) is 0 Å². The number of rotatable bonds is 4. The summed E-state index contributed by atoms with van der Waals surface area (Å²) in [5, 5.41) is 4.08. The number of carbonyl (C=O) groups is 3. The van der Waals surface area contributed by atoms with Gasteiger partial charge in [0.05, 0.1) is 15.6 Å². The van der Waals surface area contributed by atoms with Gasteiger partial charge in [0, 0.05) is 6.04 Å². The first-order valence-electron chi connectivity index (χ1n) is 6.58. The molecule has 3 amide bonds. The number of urea groups is 1. The molecule has 1 aromatic carbocycles. The number of carbonyl (C=O) groups excluding carboxylic acids is 3. The van der Waals surface area contributed by atoms with Crippen molar-refractivity contribution in [3.63, 3.8) is 0 Å². The average molecular weight is 365 g/mol. The molecule has 1 aromatic rings. The molecular weight excluding hydrogens is 350 g/mol. The van der Waals surface area contributed by atoms with E-state index in [0.29, 0.717) is 0 Å². The van der Waals surface area contributed by atoms with Gasteiger partial charge in [0.1, 0.15) is 5.82 Å². The third-order valence-electron chi connectivity index (χ3n) is 2.54. The molecule has 1 atom stereocenters. The summed E-state index contributed by atoms with van der Waals surface area (Å²) in [4.78, 5) is 35.0. The molecule has 2 N–H and O–H groups in total. The highest BCUT2D eigenvalue weighted by Crippen LogP contribution is 2.25. The van der Waals surface area contributed by atoms with E-state index in [0.717, 1.165) is 12.1 Å². The molecule has 0 heterocycles. The SMILES string of the molecule is CC(C)NC(=O)NC(=O)[C@@H](C)OC(=O)c1cc(F)c(Cl)cc1Cl. The van der Waals surface area contributed by atoms with Crippen LogP contribution in [0, 0.1) is 5.82 Å². The molecular formula is C14H15Cl2FN2O4. The van der Waals surface area contributed by atoms with Crippen LogP contribution >= 0.6 is 23.2 Å². The largest absolute Gasteiger partial charge is 0.449 e. The van der Waals surface area contributed by atoms with E-state index >= 15 is 0 Å². The van der Waals surface area contributed by atoms with Crippen molar-refractivity contribution in [1.82, 2.24) is 10.6 Å². The fourth-order valence-electron chi connectivity index (χ4n) is 1.47. The summed E-state index contributed by atoms with van der Waals surface area (Å²) in [5.74, 6) is -2.70. The van der Waals surface area contributed by atoms with Gasteiger partial charge < -0.3 is 10.1 Å². The van der Waals surface area contributed by atoms with Gasteiger partial charge in [-0.3, -0.25) is 10.1 Å². The van der Waals surface area contributed by atoms with Gasteiger partial charge in [-0.25, -0.2) is 14.0 Å². The standard InChI is InChI=1S/C14H15Cl2FN2O4/c1-6(2)18-14(22)19-12(20)7(3)23-13(21)8-4-11(17)10(16)5-9(8)15/h4-7H,1-3H3,(H2,18,19,20,22)/t7-/m1/s1. The predicted octanol–water partition coefficient (Wildman–Crippen LogP) is 2.91. The Morgan fingerprint density at radius 1 is 1.13 bits per heavy atom. The van der Waals surface area contributed by atoms with Crippen LogP contribution < -0.4 is 10.6 Å². The highest BCUT2D eigenvalue weighted by Gasteiger charge is 2.23. The number of benzene rings is 1. The summed E-state index contributed by atoms with van der Waals surface area (Å²) in [7, 11) is 0. The van der Waals surface area contributed by atoms with Crippen molar-refractivity contribution < 1.29 is 23.5 Å². The minimum atomic E-state index is -1.28. The normalized spacial score (nSPS) is 11.8. The van der Waals surface area contributed by atoms with Crippen LogP contribution in [0.1, 0.15) is 31.1 Å². The van der Waals surface area contributed by atoms with Crippen LogP contribution in [0.5, 0.6) is 0 Å². The molecule has 126 valence electrons. The molecule has 0 aromatic heterocycles. The van der Waals surface area contributed by atoms with Gasteiger partial charge in [0.25, 0.3) is 5.91 Å². The first kappa shape index (κ1) is 19.2. The Bertz CT molecular complexity index is 637. The molecule has 0 aliphatic heterocycles. The second-order valence-corrected chi connectivity index (χ2v) is 5.73. The van der Waals surface area contributed by atoms with Crippen LogP contribution in [0.15, 0.2) is 12.1 Å². The summed E-state index contributed by atoms with van der Waals surface area (Å²) in [6.45, 7) is 4.69. The maximum atomic E-state index is 13.4. The Morgan fingerprint density at radius 3 is 2.30 bits per heavy atom. The number of esters is 1. The van der Waals surface area contributed by atoms with Gasteiger partial charge in [-0.05, 0) is 32.9 Å². The Hall–Kier alpha value is -1.86. The molecule has 0 fully saturated rings. The minimum absolute atomic E-state index is 0.119. The molecule has 0 spiro atoms. The number of amides is 3. The van der Waals surface area contributed by atoms with Crippen LogP contribution in [-0.2, 0) is 9.53 Å². The fourth-order valence-corrected chi connectivity index (χ4v) is 1.93. The lowest BCUT2D eigenvalue weighted by atomic mass is 10.2. The van der Waals surface area contributed by atoms with Gasteiger partial charge in [-0.2, -0.15) is 0 Å². The number of ether oxygens (including phenoxy) is 1. The van der Waals surface area contributed by atoms with Gasteiger partial charge in [0.2, 0.25) is 0 Å². The van der Waals surface area contributed by atoms with Gasteiger partial charge in [-0.15, -0.1) is 0 Å². The van der Waals surface area contributed by atoms with E-state index in [1.165, 1.54) is 6.92 Å². The van der Waals surface area contributed by atoms with E-state index in [1.54, 1.807) is 13.8 Å². The molecule has 0 saturated heterocycles. The lowest BCUT2D eigenvalue weighted by Crippen LogP contribution is -2.46. The van der Waals surface area contributed by atoms with Crippen LogP contribution in [0.2, 0.25) is 10.0 Å². The molecule has 0 radical (unpaired) electrons.